The lowest BCUT2D eigenvalue weighted by atomic mass is 9.82. The highest BCUT2D eigenvalue weighted by Crippen LogP contribution is 2.44. The molecule has 0 aliphatic carbocycles. The molecule has 3 rings (SSSR count). The SMILES string of the molecule is CC(=O)Oc1cccc(C2C(C(=O)C(C)(C)C)=C(O)C(=O)N2c2ccc(C)c(C)c2)c1. The molecule has 31 heavy (non-hydrogen) atoms. The fourth-order valence-corrected chi connectivity index (χ4v) is 3.61. The number of amides is 1. The molecule has 6 nitrogen and oxygen atoms in total. The highest BCUT2D eigenvalue weighted by molar-refractivity contribution is 6.17. The first-order valence-electron chi connectivity index (χ1n) is 10.1. The number of anilines is 1. The van der Waals surface area contributed by atoms with Crippen LogP contribution in [-0.4, -0.2) is 22.8 Å². The third-order valence-electron chi connectivity index (χ3n) is 5.34. The molecular formula is C25H27NO5. The Morgan fingerprint density at radius 3 is 2.29 bits per heavy atom. The predicted octanol–water partition coefficient (Wildman–Crippen LogP) is 4.74. The minimum absolute atomic E-state index is 0.0377. The average Bonchev–Trinajstić information content (AvgIpc) is 2.93. The van der Waals surface area contributed by atoms with Gasteiger partial charge in [0.25, 0.3) is 5.91 Å². The fraction of sp³-hybridized carbons (Fsp3) is 0.320. The van der Waals surface area contributed by atoms with Gasteiger partial charge in [-0.15, -0.1) is 0 Å². The third-order valence-corrected chi connectivity index (χ3v) is 5.34. The van der Waals surface area contributed by atoms with E-state index >= 15 is 0 Å². The van der Waals surface area contributed by atoms with E-state index < -0.39 is 29.1 Å². The predicted molar refractivity (Wildman–Crippen MR) is 118 cm³/mol. The van der Waals surface area contributed by atoms with Crippen molar-refractivity contribution in [3.8, 4) is 5.75 Å². The van der Waals surface area contributed by atoms with Crippen molar-refractivity contribution in [1.29, 1.82) is 0 Å². The molecule has 0 saturated carbocycles. The van der Waals surface area contributed by atoms with Crippen molar-refractivity contribution in [2.45, 2.75) is 47.6 Å². The first-order chi connectivity index (χ1) is 14.4. The molecule has 0 spiro atoms. The minimum atomic E-state index is -0.850. The molecule has 1 atom stereocenters. The monoisotopic (exact) mass is 421 g/mol. The maximum atomic E-state index is 13.3. The maximum absolute atomic E-state index is 13.3. The summed E-state index contributed by atoms with van der Waals surface area (Å²) in [6.07, 6.45) is 0. The van der Waals surface area contributed by atoms with Gasteiger partial charge < -0.3 is 9.84 Å². The second-order valence-corrected chi connectivity index (χ2v) is 8.85. The second-order valence-electron chi connectivity index (χ2n) is 8.85. The lowest BCUT2D eigenvalue weighted by molar-refractivity contribution is -0.132. The van der Waals surface area contributed by atoms with Gasteiger partial charge in [0, 0.05) is 18.0 Å². The van der Waals surface area contributed by atoms with Crippen LogP contribution >= 0.6 is 0 Å². The molecule has 6 heteroatoms. The average molecular weight is 421 g/mol. The van der Waals surface area contributed by atoms with E-state index in [1.54, 1.807) is 51.1 Å². The van der Waals surface area contributed by atoms with Crippen LogP contribution in [0.5, 0.6) is 5.75 Å². The Balaban J connectivity index is 2.22. The van der Waals surface area contributed by atoms with E-state index in [1.165, 1.54) is 11.8 Å². The summed E-state index contributed by atoms with van der Waals surface area (Å²) < 4.78 is 5.20. The van der Waals surface area contributed by atoms with Gasteiger partial charge in [0.2, 0.25) is 0 Å². The van der Waals surface area contributed by atoms with Crippen LogP contribution in [0.3, 0.4) is 0 Å². The molecule has 1 aliphatic heterocycles. The van der Waals surface area contributed by atoms with Gasteiger partial charge in [-0.2, -0.15) is 0 Å². The van der Waals surface area contributed by atoms with Gasteiger partial charge in [-0.05, 0) is 54.8 Å². The van der Waals surface area contributed by atoms with Gasteiger partial charge >= 0.3 is 5.97 Å². The molecule has 0 saturated heterocycles. The van der Waals surface area contributed by atoms with Crippen molar-refractivity contribution in [2.24, 2.45) is 5.41 Å². The number of aliphatic hydroxyl groups excluding tert-OH is 1. The van der Waals surface area contributed by atoms with E-state index in [0.29, 0.717) is 17.0 Å². The molecule has 2 aromatic carbocycles. The first kappa shape index (κ1) is 22.3. The Bertz CT molecular complexity index is 1110. The van der Waals surface area contributed by atoms with Gasteiger partial charge in [0.15, 0.2) is 11.5 Å². The van der Waals surface area contributed by atoms with Crippen LogP contribution in [-0.2, 0) is 14.4 Å². The number of esters is 1. The smallest absolute Gasteiger partial charge is 0.308 e. The Kier molecular flexibility index (Phi) is 5.77. The van der Waals surface area contributed by atoms with Gasteiger partial charge in [-0.1, -0.05) is 39.0 Å². The van der Waals surface area contributed by atoms with E-state index in [1.807, 2.05) is 26.0 Å². The molecule has 162 valence electrons. The summed E-state index contributed by atoms with van der Waals surface area (Å²) in [5, 5.41) is 10.8. The van der Waals surface area contributed by atoms with Crippen LogP contribution in [0, 0.1) is 19.3 Å². The van der Waals surface area contributed by atoms with Crippen LogP contribution in [0.25, 0.3) is 0 Å². The van der Waals surface area contributed by atoms with Crippen molar-refractivity contribution in [2.75, 3.05) is 4.90 Å². The van der Waals surface area contributed by atoms with Gasteiger partial charge in [0.05, 0.1) is 11.6 Å². The number of aryl methyl sites for hydroxylation is 2. The van der Waals surface area contributed by atoms with E-state index in [2.05, 4.69) is 0 Å². The molecule has 0 fully saturated rings. The van der Waals surface area contributed by atoms with E-state index in [0.717, 1.165) is 11.1 Å². The number of carbonyl (C=O) groups excluding carboxylic acids is 3. The van der Waals surface area contributed by atoms with Crippen molar-refractivity contribution in [1.82, 2.24) is 0 Å². The second kappa shape index (κ2) is 8.02. The summed E-state index contributed by atoms with van der Waals surface area (Å²) >= 11 is 0. The minimum Gasteiger partial charge on any atom is -0.503 e. The molecular weight excluding hydrogens is 394 g/mol. The Labute approximate surface area is 182 Å². The normalized spacial score (nSPS) is 16.6. The summed E-state index contributed by atoms with van der Waals surface area (Å²) in [5.41, 5.74) is 2.39. The quantitative estimate of drug-likeness (QED) is 0.569. The summed E-state index contributed by atoms with van der Waals surface area (Å²) in [4.78, 5) is 39.3. The van der Waals surface area contributed by atoms with Crippen LogP contribution in [0.1, 0.15) is 50.4 Å². The third kappa shape index (κ3) is 4.24. The van der Waals surface area contributed by atoms with Crippen LogP contribution in [0.15, 0.2) is 53.8 Å². The number of nitrogens with zero attached hydrogens (tertiary/aromatic N) is 1. The number of carbonyl (C=O) groups is 3. The van der Waals surface area contributed by atoms with Crippen LogP contribution < -0.4 is 9.64 Å². The summed E-state index contributed by atoms with van der Waals surface area (Å²) in [6, 6.07) is 11.4. The van der Waals surface area contributed by atoms with E-state index in [9.17, 15) is 19.5 Å². The maximum Gasteiger partial charge on any atom is 0.308 e. The molecule has 1 N–H and O–H groups in total. The van der Waals surface area contributed by atoms with Crippen LogP contribution in [0.4, 0.5) is 5.69 Å². The Morgan fingerprint density at radius 2 is 1.71 bits per heavy atom. The molecule has 0 radical (unpaired) electrons. The fourth-order valence-electron chi connectivity index (χ4n) is 3.61. The van der Waals surface area contributed by atoms with Crippen molar-refractivity contribution in [3.63, 3.8) is 0 Å². The zero-order valence-electron chi connectivity index (χ0n) is 18.6. The van der Waals surface area contributed by atoms with Gasteiger partial charge in [0.1, 0.15) is 5.75 Å². The molecule has 1 aliphatic rings. The molecule has 2 aromatic rings. The molecule has 0 bridgehead atoms. The van der Waals surface area contributed by atoms with Crippen molar-refractivity contribution < 1.29 is 24.2 Å². The lowest BCUT2D eigenvalue weighted by Gasteiger charge is -2.29. The topological polar surface area (TPSA) is 83.9 Å². The summed E-state index contributed by atoms with van der Waals surface area (Å²) in [6.45, 7) is 10.4. The zero-order chi connectivity index (χ0) is 23.1. The highest BCUT2D eigenvalue weighted by Gasteiger charge is 2.46. The number of ether oxygens (including phenoxy) is 1. The van der Waals surface area contributed by atoms with Crippen molar-refractivity contribution in [3.05, 3.63) is 70.5 Å². The first-order valence-corrected chi connectivity index (χ1v) is 10.1. The van der Waals surface area contributed by atoms with Crippen molar-refractivity contribution >= 4 is 23.3 Å². The van der Waals surface area contributed by atoms with E-state index in [-0.39, 0.29) is 11.4 Å². The van der Waals surface area contributed by atoms with Gasteiger partial charge in [-0.3, -0.25) is 19.3 Å². The van der Waals surface area contributed by atoms with Crippen LogP contribution in [0.2, 0.25) is 0 Å². The molecule has 1 unspecified atom stereocenters. The Morgan fingerprint density at radius 1 is 1.03 bits per heavy atom. The number of hydrogen-bond acceptors (Lipinski definition) is 5. The number of rotatable bonds is 4. The number of hydrogen-bond donors (Lipinski definition) is 1. The molecule has 1 heterocycles. The number of aliphatic hydroxyl groups is 1. The van der Waals surface area contributed by atoms with E-state index in [4.69, 9.17) is 4.74 Å². The zero-order valence-corrected chi connectivity index (χ0v) is 18.6. The number of benzene rings is 2. The summed E-state index contributed by atoms with van der Waals surface area (Å²) in [7, 11) is 0. The Hall–Kier alpha value is -3.41. The number of ketones is 1. The largest absolute Gasteiger partial charge is 0.503 e. The standard InChI is InChI=1S/C25H27NO5/c1-14-10-11-18(12-15(14)2)26-21(17-8-7-9-19(13-17)31-16(3)27)20(22(28)24(26)30)23(29)25(4,5)6/h7-13,21,28H,1-6H3. The van der Waals surface area contributed by atoms with Gasteiger partial charge in [-0.25, -0.2) is 0 Å². The number of Topliss-reactive ketones (excluding diaryl/α,β-unsaturated/α-hetero) is 1. The summed E-state index contributed by atoms with van der Waals surface area (Å²) in [5.74, 6) is -1.70. The highest BCUT2D eigenvalue weighted by atomic mass is 16.5. The molecule has 1 amide bonds. The lowest BCUT2D eigenvalue weighted by Crippen LogP contribution is -2.33. The molecule has 0 aromatic heterocycles.